The van der Waals surface area contributed by atoms with E-state index in [1.165, 1.54) is 4.90 Å². The summed E-state index contributed by atoms with van der Waals surface area (Å²) in [5, 5.41) is 20.3. The van der Waals surface area contributed by atoms with E-state index in [-0.39, 0.29) is 22.8 Å². The van der Waals surface area contributed by atoms with E-state index in [2.05, 4.69) is 9.97 Å². The summed E-state index contributed by atoms with van der Waals surface area (Å²) in [4.78, 5) is 30.8. The molecule has 9 heteroatoms. The van der Waals surface area contributed by atoms with E-state index >= 15 is 0 Å². The highest BCUT2D eigenvalue weighted by atomic mass is 35.5. The van der Waals surface area contributed by atoms with Crippen LogP contribution in [0, 0.1) is 10.1 Å². The van der Waals surface area contributed by atoms with E-state index in [0.717, 1.165) is 6.20 Å². The van der Waals surface area contributed by atoms with E-state index < -0.39 is 16.4 Å². The van der Waals surface area contributed by atoms with Crippen molar-refractivity contribution in [1.82, 2.24) is 9.97 Å². The normalized spacial score (nSPS) is 16.0. The van der Waals surface area contributed by atoms with Crippen LogP contribution in [-0.4, -0.2) is 37.5 Å². The third-order valence-corrected chi connectivity index (χ3v) is 3.43. The van der Waals surface area contributed by atoms with Crippen LogP contribution in [0.25, 0.3) is 0 Å². The van der Waals surface area contributed by atoms with E-state index in [1.807, 2.05) is 0 Å². The van der Waals surface area contributed by atoms with Crippen LogP contribution >= 0.6 is 11.6 Å². The number of anilines is 1. The summed E-state index contributed by atoms with van der Waals surface area (Å²) in [5.41, 5.74) is -1.49. The fourth-order valence-corrected chi connectivity index (χ4v) is 2.40. The Morgan fingerprint density at radius 2 is 2.20 bits per heavy atom. The molecule has 1 N–H and O–H groups in total. The molecule has 1 aromatic heterocycles. The van der Waals surface area contributed by atoms with Gasteiger partial charge in [0, 0.05) is 6.04 Å². The monoisotopic (exact) mass is 300 g/mol. The quantitative estimate of drug-likeness (QED) is 0.502. The second-order valence-corrected chi connectivity index (χ2v) is 5.24. The first kappa shape index (κ1) is 14.4. The second-order valence-electron chi connectivity index (χ2n) is 4.91. The Hall–Kier alpha value is -1.96. The van der Waals surface area contributed by atoms with Gasteiger partial charge in [0.05, 0.1) is 4.92 Å². The number of carbonyl (C=O) groups is 1. The van der Waals surface area contributed by atoms with Crippen molar-refractivity contribution >= 4 is 29.1 Å². The highest BCUT2D eigenvalue weighted by molar-refractivity contribution is 6.28. The molecular weight excluding hydrogens is 288 g/mol. The Bertz CT molecular complexity index is 574. The minimum absolute atomic E-state index is 0.0510. The molecule has 0 spiro atoms. The molecule has 0 aliphatic heterocycles. The maximum absolute atomic E-state index is 11.5. The van der Waals surface area contributed by atoms with Gasteiger partial charge in [-0.2, -0.15) is 4.98 Å². The molecular formula is C11H13ClN4O4. The lowest BCUT2D eigenvalue weighted by Crippen LogP contribution is -2.48. The molecule has 0 atom stereocenters. The fourth-order valence-electron chi connectivity index (χ4n) is 2.27. The van der Waals surface area contributed by atoms with Crippen molar-refractivity contribution in [1.29, 1.82) is 0 Å². The molecule has 0 amide bonds. The zero-order valence-corrected chi connectivity index (χ0v) is 11.7. The molecule has 0 unspecified atom stereocenters. The predicted molar refractivity (Wildman–Crippen MR) is 70.9 cm³/mol. The number of halogens is 1. The van der Waals surface area contributed by atoms with Crippen molar-refractivity contribution in [3.05, 3.63) is 21.6 Å². The number of hydrogen-bond donors (Lipinski definition) is 1. The van der Waals surface area contributed by atoms with Gasteiger partial charge in [-0.05, 0) is 38.3 Å². The third kappa shape index (κ3) is 2.26. The summed E-state index contributed by atoms with van der Waals surface area (Å²) >= 11 is 5.70. The molecule has 20 heavy (non-hydrogen) atoms. The van der Waals surface area contributed by atoms with Crippen LogP contribution in [0.5, 0.6) is 0 Å². The van der Waals surface area contributed by atoms with Crippen molar-refractivity contribution in [3.63, 3.8) is 0 Å². The number of aromatic nitrogens is 2. The van der Waals surface area contributed by atoms with E-state index in [0.29, 0.717) is 12.8 Å². The van der Waals surface area contributed by atoms with Gasteiger partial charge in [-0.25, -0.2) is 9.78 Å². The van der Waals surface area contributed by atoms with Crippen LogP contribution in [0.2, 0.25) is 5.28 Å². The Balaban J connectivity index is 2.59. The van der Waals surface area contributed by atoms with Gasteiger partial charge in [-0.1, -0.05) is 0 Å². The molecule has 0 aromatic carbocycles. The van der Waals surface area contributed by atoms with Crippen molar-refractivity contribution in [2.45, 2.75) is 38.3 Å². The SMILES string of the molecule is CC(C)N(c1nc(Cl)ncc1[N+](=O)[O-])C1(C(=O)O)CC1. The molecule has 1 saturated carbocycles. The highest BCUT2D eigenvalue weighted by Gasteiger charge is 2.57. The van der Waals surface area contributed by atoms with Crippen LogP contribution in [0.3, 0.4) is 0 Å². The van der Waals surface area contributed by atoms with E-state index in [1.54, 1.807) is 13.8 Å². The Kier molecular flexibility index (Phi) is 3.51. The number of carboxylic acids is 1. The van der Waals surface area contributed by atoms with Gasteiger partial charge in [-0.3, -0.25) is 10.1 Å². The topological polar surface area (TPSA) is 109 Å². The summed E-state index contributed by atoms with van der Waals surface area (Å²) in [5.74, 6) is -1.07. The second kappa shape index (κ2) is 4.86. The van der Waals surface area contributed by atoms with Gasteiger partial charge in [-0.15, -0.1) is 0 Å². The molecule has 0 saturated heterocycles. The van der Waals surface area contributed by atoms with Crippen molar-refractivity contribution in [2.24, 2.45) is 0 Å². The first-order chi connectivity index (χ1) is 9.29. The lowest BCUT2D eigenvalue weighted by Gasteiger charge is -2.33. The summed E-state index contributed by atoms with van der Waals surface area (Å²) in [6.45, 7) is 3.51. The van der Waals surface area contributed by atoms with Gasteiger partial charge in [0.2, 0.25) is 11.1 Å². The number of nitro groups is 1. The lowest BCUT2D eigenvalue weighted by atomic mass is 10.1. The van der Waals surface area contributed by atoms with Crippen LogP contribution in [-0.2, 0) is 4.79 Å². The Morgan fingerprint density at radius 1 is 1.60 bits per heavy atom. The third-order valence-electron chi connectivity index (χ3n) is 3.24. The number of nitrogens with zero attached hydrogens (tertiary/aromatic N) is 4. The molecule has 1 aliphatic carbocycles. The summed E-state index contributed by atoms with van der Waals surface area (Å²) in [7, 11) is 0. The van der Waals surface area contributed by atoms with E-state index in [9.17, 15) is 20.0 Å². The molecule has 1 fully saturated rings. The minimum atomic E-state index is -1.14. The standard InChI is InChI=1S/C11H13ClN4O4/c1-6(2)15(11(3-4-11)9(17)18)8-7(16(19)20)5-13-10(12)14-8/h5-6H,3-4H2,1-2H3,(H,17,18). The van der Waals surface area contributed by atoms with Crippen LogP contribution < -0.4 is 4.90 Å². The fraction of sp³-hybridized carbons (Fsp3) is 0.545. The van der Waals surface area contributed by atoms with Gasteiger partial charge in [0.25, 0.3) is 0 Å². The van der Waals surface area contributed by atoms with E-state index in [4.69, 9.17) is 11.6 Å². The number of hydrogen-bond acceptors (Lipinski definition) is 6. The van der Waals surface area contributed by atoms with Gasteiger partial charge < -0.3 is 10.0 Å². The van der Waals surface area contributed by atoms with Crippen LogP contribution in [0.15, 0.2) is 6.20 Å². The molecule has 0 bridgehead atoms. The number of rotatable bonds is 5. The Morgan fingerprint density at radius 3 is 2.60 bits per heavy atom. The zero-order valence-electron chi connectivity index (χ0n) is 10.9. The minimum Gasteiger partial charge on any atom is -0.479 e. The molecule has 1 heterocycles. The maximum atomic E-state index is 11.5. The van der Waals surface area contributed by atoms with Crippen LogP contribution in [0.1, 0.15) is 26.7 Å². The van der Waals surface area contributed by atoms with Crippen molar-refractivity contribution in [2.75, 3.05) is 4.90 Å². The first-order valence-corrected chi connectivity index (χ1v) is 6.37. The Labute approximate surface area is 119 Å². The molecule has 1 aliphatic rings. The summed E-state index contributed by atoms with van der Waals surface area (Å²) < 4.78 is 0. The largest absolute Gasteiger partial charge is 0.479 e. The van der Waals surface area contributed by atoms with Crippen molar-refractivity contribution in [3.8, 4) is 0 Å². The molecule has 2 rings (SSSR count). The van der Waals surface area contributed by atoms with Crippen molar-refractivity contribution < 1.29 is 14.8 Å². The molecule has 0 radical (unpaired) electrons. The average molecular weight is 301 g/mol. The maximum Gasteiger partial charge on any atom is 0.329 e. The van der Waals surface area contributed by atoms with Gasteiger partial charge in [0.15, 0.2) is 0 Å². The highest BCUT2D eigenvalue weighted by Crippen LogP contribution is 2.47. The number of aliphatic carboxylic acids is 1. The molecule has 1 aromatic rings. The summed E-state index contributed by atoms with van der Waals surface area (Å²) in [6.07, 6.45) is 1.83. The average Bonchev–Trinajstić information content (AvgIpc) is 3.09. The smallest absolute Gasteiger partial charge is 0.329 e. The van der Waals surface area contributed by atoms with Crippen LogP contribution in [0.4, 0.5) is 11.5 Å². The zero-order chi connectivity index (χ0) is 15.1. The summed E-state index contributed by atoms with van der Waals surface area (Å²) in [6, 6.07) is -0.279. The lowest BCUT2D eigenvalue weighted by molar-refractivity contribution is -0.384. The first-order valence-electron chi connectivity index (χ1n) is 5.99. The predicted octanol–water partition coefficient (Wildman–Crippen LogP) is 1.87. The molecule has 8 nitrogen and oxygen atoms in total. The van der Waals surface area contributed by atoms with Gasteiger partial charge >= 0.3 is 11.7 Å². The van der Waals surface area contributed by atoms with Gasteiger partial charge in [0.1, 0.15) is 11.7 Å². The molecule has 108 valence electrons. The number of carboxylic acid groups (broad SMARTS) is 1.